The lowest BCUT2D eigenvalue weighted by Gasteiger charge is -1.94. The van der Waals surface area contributed by atoms with Gasteiger partial charge in [0.15, 0.2) is 0 Å². The molecule has 0 unspecified atom stereocenters. The van der Waals surface area contributed by atoms with Crippen molar-refractivity contribution in [2.75, 3.05) is 0 Å². The summed E-state index contributed by atoms with van der Waals surface area (Å²) in [5.74, 6) is 0. The first-order valence-corrected chi connectivity index (χ1v) is 8.98. The van der Waals surface area contributed by atoms with Crippen LogP contribution in [-0.2, 0) is 0 Å². The van der Waals surface area contributed by atoms with Gasteiger partial charge in [-0.3, -0.25) is 0 Å². The molecule has 3 rings (SSSR count). The third kappa shape index (κ3) is 2.31. The standard InChI is InChI=1S/C12H6Br2S3/c13-7-3-5-15-11(7)9-1-2-10(17-9)12-8(14)4-6-16-12/h1-6H. The zero-order chi connectivity index (χ0) is 11.8. The zero-order valence-electron chi connectivity index (χ0n) is 8.44. The van der Waals surface area contributed by atoms with E-state index in [1.54, 1.807) is 22.7 Å². The molecule has 0 saturated carbocycles. The Morgan fingerprint density at radius 1 is 0.706 bits per heavy atom. The molecule has 17 heavy (non-hydrogen) atoms. The Bertz CT molecular complexity index is 593. The molecule has 0 aliphatic heterocycles. The van der Waals surface area contributed by atoms with Crippen LogP contribution in [0.2, 0.25) is 0 Å². The third-order valence-corrected chi connectivity index (χ3v) is 7.41. The molecule has 0 N–H and O–H groups in total. The largest absolute Gasteiger partial charge is 0.142 e. The lowest BCUT2D eigenvalue weighted by atomic mass is 10.3. The quantitative estimate of drug-likeness (QED) is 0.443. The van der Waals surface area contributed by atoms with Gasteiger partial charge in [0.05, 0.1) is 9.75 Å². The molecule has 3 heterocycles. The first-order valence-electron chi connectivity index (χ1n) is 4.82. The fourth-order valence-electron chi connectivity index (χ4n) is 1.52. The van der Waals surface area contributed by atoms with Gasteiger partial charge in [0, 0.05) is 18.7 Å². The molecule has 0 aliphatic rings. The van der Waals surface area contributed by atoms with Crippen LogP contribution in [0.1, 0.15) is 0 Å². The summed E-state index contributed by atoms with van der Waals surface area (Å²) in [6.07, 6.45) is 0. The monoisotopic (exact) mass is 404 g/mol. The van der Waals surface area contributed by atoms with E-state index in [0.29, 0.717) is 0 Å². The molecular weight excluding hydrogens is 400 g/mol. The second-order valence-corrected chi connectivity index (χ2v) is 7.98. The minimum atomic E-state index is 1.18. The number of hydrogen-bond acceptors (Lipinski definition) is 3. The van der Waals surface area contributed by atoms with Crippen molar-refractivity contribution >= 4 is 65.9 Å². The summed E-state index contributed by atoms with van der Waals surface area (Å²) in [4.78, 5) is 5.27. The maximum Gasteiger partial charge on any atom is 0.0584 e. The van der Waals surface area contributed by atoms with Gasteiger partial charge < -0.3 is 0 Å². The van der Waals surface area contributed by atoms with Gasteiger partial charge in [0.1, 0.15) is 0 Å². The summed E-state index contributed by atoms with van der Waals surface area (Å²) in [6, 6.07) is 8.59. The van der Waals surface area contributed by atoms with Crippen LogP contribution in [0.4, 0.5) is 0 Å². The fraction of sp³-hybridized carbons (Fsp3) is 0. The van der Waals surface area contributed by atoms with Gasteiger partial charge in [-0.15, -0.1) is 34.0 Å². The third-order valence-electron chi connectivity index (χ3n) is 2.29. The van der Waals surface area contributed by atoms with E-state index in [9.17, 15) is 0 Å². The molecule has 3 aromatic heterocycles. The fourth-order valence-corrected chi connectivity index (χ4v) is 6.25. The predicted octanol–water partition coefficient (Wildman–Crippen LogP) is 6.73. The lowest BCUT2D eigenvalue weighted by molar-refractivity contribution is 1.84. The molecular formula is C12H6Br2S3. The molecule has 0 spiro atoms. The molecule has 0 bridgehead atoms. The van der Waals surface area contributed by atoms with Crippen LogP contribution in [0, 0.1) is 0 Å². The molecule has 0 saturated heterocycles. The van der Waals surface area contributed by atoms with Crippen LogP contribution in [0.25, 0.3) is 19.5 Å². The van der Waals surface area contributed by atoms with Crippen molar-refractivity contribution in [1.29, 1.82) is 0 Å². The van der Waals surface area contributed by atoms with E-state index < -0.39 is 0 Å². The van der Waals surface area contributed by atoms with E-state index in [0.717, 1.165) is 0 Å². The Balaban J connectivity index is 2.05. The summed E-state index contributed by atoms with van der Waals surface area (Å²) >= 11 is 12.6. The molecule has 0 nitrogen and oxygen atoms in total. The highest BCUT2D eigenvalue weighted by atomic mass is 79.9. The van der Waals surface area contributed by atoms with E-state index in [-0.39, 0.29) is 0 Å². The number of rotatable bonds is 2. The molecule has 0 aromatic carbocycles. The molecule has 0 aliphatic carbocycles. The second kappa shape index (κ2) is 4.97. The molecule has 0 atom stereocenters. The first-order chi connectivity index (χ1) is 8.25. The Morgan fingerprint density at radius 3 is 1.53 bits per heavy atom. The maximum atomic E-state index is 3.59. The summed E-state index contributed by atoms with van der Waals surface area (Å²) in [6.45, 7) is 0. The molecule has 0 fully saturated rings. The smallest absolute Gasteiger partial charge is 0.0584 e. The Morgan fingerprint density at radius 2 is 1.18 bits per heavy atom. The lowest BCUT2D eigenvalue weighted by Crippen LogP contribution is -1.62. The van der Waals surface area contributed by atoms with Gasteiger partial charge >= 0.3 is 0 Å². The molecule has 5 heteroatoms. The van der Waals surface area contributed by atoms with Gasteiger partial charge in [0.25, 0.3) is 0 Å². The van der Waals surface area contributed by atoms with Crippen LogP contribution >= 0.6 is 65.9 Å². The predicted molar refractivity (Wildman–Crippen MR) is 86.3 cm³/mol. The highest BCUT2D eigenvalue weighted by Gasteiger charge is 2.11. The van der Waals surface area contributed by atoms with Crippen molar-refractivity contribution in [2.45, 2.75) is 0 Å². The first kappa shape index (κ1) is 12.1. The van der Waals surface area contributed by atoms with Crippen LogP contribution in [0.5, 0.6) is 0 Å². The van der Waals surface area contributed by atoms with E-state index in [1.807, 2.05) is 11.3 Å². The zero-order valence-corrected chi connectivity index (χ0v) is 14.1. The normalized spacial score (nSPS) is 10.9. The average Bonchev–Trinajstić information content (AvgIpc) is 2.97. The minimum Gasteiger partial charge on any atom is -0.142 e. The van der Waals surface area contributed by atoms with Crippen molar-refractivity contribution in [3.8, 4) is 19.5 Å². The highest BCUT2D eigenvalue weighted by Crippen LogP contribution is 2.43. The topological polar surface area (TPSA) is 0 Å². The molecule has 0 amide bonds. The molecule has 0 radical (unpaired) electrons. The van der Waals surface area contributed by atoms with Gasteiger partial charge in [-0.05, 0) is 66.9 Å². The summed E-state index contributed by atoms with van der Waals surface area (Å²) < 4.78 is 2.36. The van der Waals surface area contributed by atoms with E-state index in [4.69, 9.17) is 0 Å². The number of halogens is 2. The van der Waals surface area contributed by atoms with Crippen molar-refractivity contribution < 1.29 is 0 Å². The Kier molecular flexibility index (Phi) is 3.54. The Hall–Kier alpha value is 0.0600. The van der Waals surface area contributed by atoms with Gasteiger partial charge in [-0.1, -0.05) is 0 Å². The van der Waals surface area contributed by atoms with Gasteiger partial charge in [0.2, 0.25) is 0 Å². The van der Waals surface area contributed by atoms with E-state index >= 15 is 0 Å². The van der Waals surface area contributed by atoms with Crippen molar-refractivity contribution in [2.24, 2.45) is 0 Å². The van der Waals surface area contributed by atoms with Crippen LogP contribution < -0.4 is 0 Å². The van der Waals surface area contributed by atoms with Gasteiger partial charge in [-0.25, -0.2) is 0 Å². The van der Waals surface area contributed by atoms with Crippen molar-refractivity contribution in [3.63, 3.8) is 0 Å². The van der Waals surface area contributed by atoms with Crippen LogP contribution in [-0.4, -0.2) is 0 Å². The van der Waals surface area contributed by atoms with Crippen molar-refractivity contribution in [1.82, 2.24) is 0 Å². The summed E-state index contributed by atoms with van der Waals surface area (Å²) in [7, 11) is 0. The average molecular weight is 406 g/mol. The summed E-state index contributed by atoms with van der Waals surface area (Å²) in [5, 5.41) is 4.22. The SMILES string of the molecule is Brc1ccsc1-c1ccc(-c2sccc2Br)s1. The van der Waals surface area contributed by atoms with Crippen LogP contribution in [0.15, 0.2) is 44.0 Å². The second-order valence-electron chi connectivity index (χ2n) is 3.36. The van der Waals surface area contributed by atoms with E-state index in [1.165, 1.54) is 28.5 Å². The number of hydrogen-bond donors (Lipinski definition) is 0. The van der Waals surface area contributed by atoms with Gasteiger partial charge in [-0.2, -0.15) is 0 Å². The van der Waals surface area contributed by atoms with E-state index in [2.05, 4.69) is 66.9 Å². The Labute approximate surface area is 128 Å². The maximum absolute atomic E-state index is 3.59. The van der Waals surface area contributed by atoms with Crippen molar-refractivity contribution in [3.05, 3.63) is 44.0 Å². The molecule has 86 valence electrons. The minimum absolute atomic E-state index is 1.18. The highest BCUT2D eigenvalue weighted by molar-refractivity contribution is 9.11. The number of thiophene rings is 3. The molecule has 3 aromatic rings. The summed E-state index contributed by atoms with van der Waals surface area (Å²) in [5.41, 5.74) is 0. The van der Waals surface area contributed by atoms with Crippen LogP contribution in [0.3, 0.4) is 0 Å².